The zero-order chi connectivity index (χ0) is 16.4. The molecule has 0 bridgehead atoms. The van der Waals surface area contributed by atoms with Crippen molar-refractivity contribution < 1.29 is 14.1 Å². The Balaban J connectivity index is 1.63. The van der Waals surface area contributed by atoms with Crippen molar-refractivity contribution in [3.8, 4) is 0 Å². The Bertz CT molecular complexity index is 857. The molecule has 0 fully saturated rings. The van der Waals surface area contributed by atoms with Gasteiger partial charge in [-0.3, -0.25) is 4.79 Å². The summed E-state index contributed by atoms with van der Waals surface area (Å²) in [6, 6.07) is 1.74. The van der Waals surface area contributed by atoms with Crippen molar-refractivity contribution in [3.05, 3.63) is 34.3 Å². The molecule has 0 saturated heterocycles. The zero-order valence-corrected chi connectivity index (χ0v) is 14.6. The molecule has 0 aliphatic rings. The Labute approximate surface area is 141 Å². The first-order chi connectivity index (χ1) is 11.0. The van der Waals surface area contributed by atoms with E-state index in [4.69, 9.17) is 9.26 Å². The summed E-state index contributed by atoms with van der Waals surface area (Å²) in [6.07, 6.45) is 1.53. The SMILES string of the molecule is Cc1cc(COC(=O)CSc2ncnc3sc(C)c(C)c23)no1. The summed E-state index contributed by atoms with van der Waals surface area (Å²) >= 11 is 3.00. The van der Waals surface area contributed by atoms with Crippen molar-refractivity contribution in [2.45, 2.75) is 32.4 Å². The van der Waals surface area contributed by atoms with Crippen LogP contribution in [0.3, 0.4) is 0 Å². The second-order valence-corrected chi connectivity index (χ2v) is 7.19. The van der Waals surface area contributed by atoms with E-state index in [1.165, 1.54) is 28.5 Å². The maximum Gasteiger partial charge on any atom is 0.316 e. The van der Waals surface area contributed by atoms with Gasteiger partial charge in [0, 0.05) is 16.3 Å². The summed E-state index contributed by atoms with van der Waals surface area (Å²) in [6.45, 7) is 6.02. The van der Waals surface area contributed by atoms with Crippen LogP contribution in [0.15, 0.2) is 21.9 Å². The molecular formula is C15H15N3O3S2. The van der Waals surface area contributed by atoms with E-state index < -0.39 is 0 Å². The molecular weight excluding hydrogens is 334 g/mol. The quantitative estimate of drug-likeness (QED) is 0.396. The first kappa shape index (κ1) is 15.9. The number of rotatable bonds is 5. The molecule has 0 amide bonds. The van der Waals surface area contributed by atoms with Crippen LogP contribution in [0, 0.1) is 20.8 Å². The lowest BCUT2D eigenvalue weighted by Gasteiger charge is -2.04. The molecule has 0 saturated carbocycles. The van der Waals surface area contributed by atoms with Gasteiger partial charge >= 0.3 is 5.97 Å². The van der Waals surface area contributed by atoms with E-state index in [0.29, 0.717) is 11.5 Å². The molecule has 6 nitrogen and oxygen atoms in total. The van der Waals surface area contributed by atoms with Crippen molar-refractivity contribution in [2.75, 3.05) is 5.75 Å². The molecule has 3 rings (SSSR count). The zero-order valence-electron chi connectivity index (χ0n) is 13.0. The average molecular weight is 349 g/mol. The van der Waals surface area contributed by atoms with Gasteiger partial charge in [-0.25, -0.2) is 9.97 Å². The second-order valence-electron chi connectivity index (χ2n) is 5.02. The number of ether oxygens (including phenoxy) is 1. The molecule has 0 aliphatic heterocycles. The van der Waals surface area contributed by atoms with Gasteiger partial charge in [-0.05, 0) is 26.3 Å². The van der Waals surface area contributed by atoms with Gasteiger partial charge in [0.2, 0.25) is 0 Å². The molecule has 0 N–H and O–H groups in total. The van der Waals surface area contributed by atoms with Gasteiger partial charge < -0.3 is 9.26 Å². The lowest BCUT2D eigenvalue weighted by molar-refractivity contribution is -0.141. The summed E-state index contributed by atoms with van der Waals surface area (Å²) in [7, 11) is 0. The summed E-state index contributed by atoms with van der Waals surface area (Å²) in [5.41, 5.74) is 1.77. The second kappa shape index (κ2) is 6.67. The van der Waals surface area contributed by atoms with Crippen LogP contribution in [0.2, 0.25) is 0 Å². The van der Waals surface area contributed by atoms with E-state index in [1.54, 1.807) is 24.3 Å². The van der Waals surface area contributed by atoms with Gasteiger partial charge in [0.25, 0.3) is 0 Å². The molecule has 0 aliphatic carbocycles. The van der Waals surface area contributed by atoms with Crippen LogP contribution >= 0.6 is 23.1 Å². The van der Waals surface area contributed by atoms with Crippen molar-refractivity contribution in [3.63, 3.8) is 0 Å². The summed E-state index contributed by atoms with van der Waals surface area (Å²) in [4.78, 5) is 22.6. The minimum absolute atomic E-state index is 0.118. The minimum Gasteiger partial charge on any atom is -0.458 e. The predicted octanol–water partition coefficient (Wildman–Crippen LogP) is 3.44. The number of aryl methyl sites for hydroxylation is 3. The van der Waals surface area contributed by atoms with E-state index in [1.807, 2.05) is 6.92 Å². The lowest BCUT2D eigenvalue weighted by atomic mass is 10.2. The van der Waals surface area contributed by atoms with Crippen LogP contribution in [-0.4, -0.2) is 26.8 Å². The Morgan fingerprint density at radius 3 is 2.91 bits per heavy atom. The monoisotopic (exact) mass is 349 g/mol. The van der Waals surface area contributed by atoms with Crippen LogP contribution in [0.25, 0.3) is 10.2 Å². The molecule has 3 heterocycles. The van der Waals surface area contributed by atoms with E-state index >= 15 is 0 Å². The van der Waals surface area contributed by atoms with E-state index in [0.717, 1.165) is 15.2 Å². The molecule has 120 valence electrons. The maximum atomic E-state index is 11.9. The highest BCUT2D eigenvalue weighted by Gasteiger charge is 2.14. The molecule has 0 spiro atoms. The largest absolute Gasteiger partial charge is 0.458 e. The molecule has 0 aromatic carbocycles. The number of thiophene rings is 1. The first-order valence-electron chi connectivity index (χ1n) is 6.96. The molecule has 0 unspecified atom stereocenters. The van der Waals surface area contributed by atoms with Crippen LogP contribution < -0.4 is 0 Å². The molecule has 0 radical (unpaired) electrons. The normalized spacial score (nSPS) is 11.1. The Morgan fingerprint density at radius 1 is 1.35 bits per heavy atom. The number of fused-ring (bicyclic) bond motifs is 1. The number of hydrogen-bond acceptors (Lipinski definition) is 8. The van der Waals surface area contributed by atoms with E-state index in [9.17, 15) is 4.79 Å². The highest BCUT2D eigenvalue weighted by molar-refractivity contribution is 8.00. The van der Waals surface area contributed by atoms with Crippen molar-refractivity contribution in [2.24, 2.45) is 0 Å². The van der Waals surface area contributed by atoms with Gasteiger partial charge in [-0.2, -0.15) is 0 Å². The van der Waals surface area contributed by atoms with Gasteiger partial charge in [0.05, 0.1) is 5.75 Å². The molecule has 23 heavy (non-hydrogen) atoms. The van der Waals surface area contributed by atoms with E-state index in [2.05, 4.69) is 22.0 Å². The van der Waals surface area contributed by atoms with Crippen LogP contribution in [-0.2, 0) is 16.1 Å². The first-order valence-corrected chi connectivity index (χ1v) is 8.76. The highest BCUT2D eigenvalue weighted by Crippen LogP contribution is 2.34. The molecule has 3 aromatic rings. The smallest absolute Gasteiger partial charge is 0.316 e. The number of carbonyl (C=O) groups excluding carboxylic acids is 1. The number of hydrogen-bond donors (Lipinski definition) is 0. The average Bonchev–Trinajstić information content (AvgIpc) is 3.07. The van der Waals surface area contributed by atoms with E-state index in [-0.39, 0.29) is 18.3 Å². The Kier molecular flexibility index (Phi) is 4.63. The third-order valence-corrected chi connectivity index (χ3v) is 5.39. The Morgan fingerprint density at radius 2 is 2.17 bits per heavy atom. The van der Waals surface area contributed by atoms with Gasteiger partial charge in [0.1, 0.15) is 34.2 Å². The summed E-state index contributed by atoms with van der Waals surface area (Å²) in [5.74, 6) is 0.571. The van der Waals surface area contributed by atoms with Crippen molar-refractivity contribution in [1.82, 2.24) is 15.1 Å². The number of esters is 1. The summed E-state index contributed by atoms with van der Waals surface area (Å²) < 4.78 is 10.1. The molecule has 0 atom stereocenters. The molecule has 3 aromatic heterocycles. The number of nitrogens with zero attached hydrogens (tertiary/aromatic N) is 3. The van der Waals surface area contributed by atoms with Crippen LogP contribution in [0.5, 0.6) is 0 Å². The van der Waals surface area contributed by atoms with Crippen LogP contribution in [0.1, 0.15) is 21.9 Å². The fourth-order valence-electron chi connectivity index (χ4n) is 2.07. The third-order valence-electron chi connectivity index (χ3n) is 3.32. The van der Waals surface area contributed by atoms with Crippen molar-refractivity contribution in [1.29, 1.82) is 0 Å². The number of carbonyl (C=O) groups is 1. The fraction of sp³-hybridized carbons (Fsp3) is 0.333. The Hall–Kier alpha value is -1.93. The molecule has 8 heteroatoms. The van der Waals surface area contributed by atoms with Crippen LogP contribution in [0.4, 0.5) is 0 Å². The van der Waals surface area contributed by atoms with Gasteiger partial charge in [-0.15, -0.1) is 11.3 Å². The fourth-order valence-corrected chi connectivity index (χ4v) is 3.98. The van der Waals surface area contributed by atoms with Gasteiger partial charge in [0.15, 0.2) is 0 Å². The number of thioether (sulfide) groups is 1. The summed E-state index contributed by atoms with van der Waals surface area (Å²) in [5, 5.41) is 5.62. The standard InChI is InChI=1S/C15H15N3O3S2/c1-8-4-11(18-21-8)5-20-12(19)6-22-14-13-9(2)10(3)23-15(13)17-7-16-14/h4,7H,5-6H2,1-3H3. The topological polar surface area (TPSA) is 78.1 Å². The highest BCUT2D eigenvalue weighted by atomic mass is 32.2. The minimum atomic E-state index is -0.313. The maximum absolute atomic E-state index is 11.9. The third kappa shape index (κ3) is 3.53. The van der Waals surface area contributed by atoms with Crippen molar-refractivity contribution >= 4 is 39.3 Å². The van der Waals surface area contributed by atoms with Gasteiger partial charge in [-0.1, -0.05) is 16.9 Å². The predicted molar refractivity (Wildman–Crippen MR) is 88.6 cm³/mol. The lowest BCUT2D eigenvalue weighted by Crippen LogP contribution is -2.07. The number of aromatic nitrogens is 3.